The number of nitrogens with two attached hydrogens (primary N) is 1. The summed E-state index contributed by atoms with van der Waals surface area (Å²) in [6.45, 7) is 1.54. The SMILES string of the molecule is NC(c1noc(C2CCCOC2)n1)C1CC1. The van der Waals surface area contributed by atoms with Crippen molar-refractivity contribution in [3.8, 4) is 0 Å². The zero-order chi connectivity index (χ0) is 11.0. The monoisotopic (exact) mass is 223 g/mol. The molecule has 0 amide bonds. The van der Waals surface area contributed by atoms with Crippen molar-refractivity contribution < 1.29 is 9.26 Å². The Hall–Kier alpha value is -0.940. The largest absolute Gasteiger partial charge is 0.381 e. The lowest BCUT2D eigenvalue weighted by atomic mass is 10.0. The maximum absolute atomic E-state index is 6.03. The lowest BCUT2D eigenvalue weighted by Gasteiger charge is -2.18. The quantitative estimate of drug-likeness (QED) is 0.837. The minimum Gasteiger partial charge on any atom is -0.381 e. The molecule has 1 aromatic heterocycles. The Morgan fingerprint density at radius 2 is 2.19 bits per heavy atom. The average Bonchev–Trinajstić information content (AvgIpc) is 3.07. The van der Waals surface area contributed by atoms with Crippen LogP contribution in [0, 0.1) is 5.92 Å². The van der Waals surface area contributed by atoms with Gasteiger partial charge in [-0.3, -0.25) is 0 Å². The maximum atomic E-state index is 6.03. The van der Waals surface area contributed by atoms with Crippen molar-refractivity contribution in [2.24, 2.45) is 11.7 Å². The molecule has 1 saturated heterocycles. The summed E-state index contributed by atoms with van der Waals surface area (Å²) in [4.78, 5) is 4.41. The van der Waals surface area contributed by atoms with Gasteiger partial charge in [0.25, 0.3) is 0 Å². The fourth-order valence-corrected chi connectivity index (χ4v) is 2.15. The Kier molecular flexibility index (Phi) is 2.65. The molecule has 0 aromatic carbocycles. The zero-order valence-electron chi connectivity index (χ0n) is 9.26. The van der Waals surface area contributed by atoms with Crippen molar-refractivity contribution >= 4 is 0 Å². The van der Waals surface area contributed by atoms with Crippen LogP contribution in [0.2, 0.25) is 0 Å². The molecule has 88 valence electrons. The number of nitrogens with zero attached hydrogens (tertiary/aromatic N) is 2. The molecule has 2 unspecified atom stereocenters. The topological polar surface area (TPSA) is 74.2 Å². The van der Waals surface area contributed by atoms with E-state index in [0.717, 1.165) is 19.4 Å². The van der Waals surface area contributed by atoms with Gasteiger partial charge in [0, 0.05) is 6.61 Å². The number of hydrogen-bond donors (Lipinski definition) is 1. The molecule has 16 heavy (non-hydrogen) atoms. The smallest absolute Gasteiger partial charge is 0.232 e. The highest BCUT2D eigenvalue weighted by atomic mass is 16.5. The van der Waals surface area contributed by atoms with Crippen LogP contribution in [0.3, 0.4) is 0 Å². The standard InChI is InChI=1S/C11H17N3O2/c12-9(7-3-4-7)10-13-11(16-14-10)8-2-1-5-15-6-8/h7-9H,1-6,12H2. The molecule has 3 rings (SSSR count). The van der Waals surface area contributed by atoms with Crippen LogP contribution < -0.4 is 5.73 Å². The maximum Gasteiger partial charge on any atom is 0.232 e. The molecule has 0 spiro atoms. The molecule has 1 aromatic rings. The van der Waals surface area contributed by atoms with Crippen LogP contribution in [0.1, 0.15) is 49.4 Å². The van der Waals surface area contributed by atoms with Crippen molar-refractivity contribution in [2.45, 2.75) is 37.6 Å². The van der Waals surface area contributed by atoms with Crippen LogP contribution in [0.4, 0.5) is 0 Å². The second kappa shape index (κ2) is 4.14. The van der Waals surface area contributed by atoms with Crippen molar-refractivity contribution in [1.29, 1.82) is 0 Å². The molecule has 2 atom stereocenters. The first-order valence-corrected chi connectivity index (χ1v) is 6.01. The Labute approximate surface area is 94.3 Å². The van der Waals surface area contributed by atoms with Crippen molar-refractivity contribution in [1.82, 2.24) is 10.1 Å². The van der Waals surface area contributed by atoms with Crippen molar-refractivity contribution in [3.63, 3.8) is 0 Å². The molecule has 5 heteroatoms. The van der Waals surface area contributed by atoms with Gasteiger partial charge in [-0.25, -0.2) is 0 Å². The van der Waals surface area contributed by atoms with Crippen LogP contribution >= 0.6 is 0 Å². The highest BCUT2D eigenvalue weighted by Crippen LogP contribution is 2.38. The van der Waals surface area contributed by atoms with Crippen LogP contribution in [-0.2, 0) is 4.74 Å². The highest BCUT2D eigenvalue weighted by molar-refractivity contribution is 5.02. The Balaban J connectivity index is 1.70. The molecular weight excluding hydrogens is 206 g/mol. The Morgan fingerprint density at radius 1 is 1.31 bits per heavy atom. The minimum atomic E-state index is -0.0398. The lowest BCUT2D eigenvalue weighted by Crippen LogP contribution is -2.17. The van der Waals surface area contributed by atoms with E-state index in [9.17, 15) is 0 Å². The van der Waals surface area contributed by atoms with Crippen molar-refractivity contribution in [3.05, 3.63) is 11.7 Å². The van der Waals surface area contributed by atoms with Gasteiger partial charge in [0.2, 0.25) is 5.89 Å². The summed E-state index contributed by atoms with van der Waals surface area (Å²) in [5.74, 6) is 2.20. The third kappa shape index (κ3) is 1.97. The van der Waals surface area contributed by atoms with Crippen LogP contribution in [-0.4, -0.2) is 23.4 Å². The van der Waals surface area contributed by atoms with Crippen LogP contribution in [0.5, 0.6) is 0 Å². The predicted octanol–water partition coefficient (Wildman–Crippen LogP) is 1.37. The van der Waals surface area contributed by atoms with E-state index < -0.39 is 0 Å². The highest BCUT2D eigenvalue weighted by Gasteiger charge is 2.33. The number of hydrogen-bond acceptors (Lipinski definition) is 5. The summed E-state index contributed by atoms with van der Waals surface area (Å²) in [5, 5.41) is 3.99. The van der Waals surface area contributed by atoms with Crippen LogP contribution in [0.25, 0.3) is 0 Å². The van der Waals surface area contributed by atoms with E-state index in [4.69, 9.17) is 15.0 Å². The van der Waals surface area contributed by atoms with E-state index in [1.807, 2.05) is 0 Å². The molecule has 2 fully saturated rings. The molecule has 0 radical (unpaired) electrons. The summed E-state index contributed by atoms with van der Waals surface area (Å²) < 4.78 is 10.7. The molecule has 0 bridgehead atoms. The van der Waals surface area contributed by atoms with E-state index in [1.54, 1.807) is 0 Å². The van der Waals surface area contributed by atoms with E-state index in [-0.39, 0.29) is 12.0 Å². The summed E-state index contributed by atoms with van der Waals surface area (Å²) in [6.07, 6.45) is 4.52. The Morgan fingerprint density at radius 3 is 2.88 bits per heavy atom. The van der Waals surface area contributed by atoms with E-state index in [0.29, 0.717) is 24.2 Å². The zero-order valence-corrected chi connectivity index (χ0v) is 9.26. The van der Waals surface area contributed by atoms with Gasteiger partial charge in [-0.15, -0.1) is 0 Å². The first kappa shape index (κ1) is 10.2. The second-order valence-electron chi connectivity index (χ2n) is 4.77. The van der Waals surface area contributed by atoms with Gasteiger partial charge < -0.3 is 15.0 Å². The molecule has 1 aliphatic heterocycles. The number of rotatable bonds is 3. The fraction of sp³-hybridized carbons (Fsp3) is 0.818. The first-order chi connectivity index (χ1) is 7.84. The molecule has 5 nitrogen and oxygen atoms in total. The molecule has 1 aliphatic carbocycles. The van der Waals surface area contributed by atoms with E-state index in [2.05, 4.69) is 10.1 Å². The summed E-state index contributed by atoms with van der Waals surface area (Å²) in [5.41, 5.74) is 6.03. The summed E-state index contributed by atoms with van der Waals surface area (Å²) in [6, 6.07) is -0.0398. The van der Waals surface area contributed by atoms with Crippen LogP contribution in [0.15, 0.2) is 4.52 Å². The van der Waals surface area contributed by atoms with Gasteiger partial charge in [-0.2, -0.15) is 4.98 Å². The molecule has 1 saturated carbocycles. The van der Waals surface area contributed by atoms with Gasteiger partial charge in [0.15, 0.2) is 5.82 Å². The molecule has 2 heterocycles. The Bertz CT molecular complexity index is 356. The number of aromatic nitrogens is 2. The summed E-state index contributed by atoms with van der Waals surface area (Å²) in [7, 11) is 0. The van der Waals surface area contributed by atoms with E-state index >= 15 is 0 Å². The third-order valence-electron chi connectivity index (χ3n) is 3.40. The second-order valence-corrected chi connectivity index (χ2v) is 4.77. The normalized spacial score (nSPS) is 27.9. The lowest BCUT2D eigenvalue weighted by molar-refractivity contribution is 0.0705. The first-order valence-electron chi connectivity index (χ1n) is 6.01. The van der Waals surface area contributed by atoms with Gasteiger partial charge >= 0.3 is 0 Å². The van der Waals surface area contributed by atoms with E-state index in [1.165, 1.54) is 12.8 Å². The average molecular weight is 223 g/mol. The molecule has 2 aliphatic rings. The van der Waals surface area contributed by atoms with Gasteiger partial charge in [-0.1, -0.05) is 5.16 Å². The third-order valence-corrected chi connectivity index (χ3v) is 3.40. The van der Waals surface area contributed by atoms with Crippen molar-refractivity contribution in [2.75, 3.05) is 13.2 Å². The van der Waals surface area contributed by atoms with Gasteiger partial charge in [0.1, 0.15) is 0 Å². The summed E-state index contributed by atoms with van der Waals surface area (Å²) >= 11 is 0. The van der Waals surface area contributed by atoms with Gasteiger partial charge in [0.05, 0.1) is 18.6 Å². The number of ether oxygens (including phenoxy) is 1. The van der Waals surface area contributed by atoms with Gasteiger partial charge in [-0.05, 0) is 31.6 Å². The predicted molar refractivity (Wildman–Crippen MR) is 56.7 cm³/mol. The fourth-order valence-electron chi connectivity index (χ4n) is 2.15. The minimum absolute atomic E-state index is 0.0398. The molecule has 2 N–H and O–H groups in total. The molecular formula is C11H17N3O2.